The SMILES string of the molecule is NC(=O)N(c1ccc(Cl)c(S(=O)(=O)N2CCS(=O)CC2)c1O)c1cccc(Cl)c1Cl.[H-].[Na+]. The van der Waals surface area contributed by atoms with Crippen LogP contribution >= 0.6 is 34.8 Å². The standard InChI is InChI=1S/C17H16Cl3N3O5S2.Na.H/c18-10-2-1-3-12(14(10)20)23(17(21)25)13-5-4-11(19)16(15(13)24)30(27,28)22-6-8-29(26)9-7-22;;/h1-5,24H,6-9H2,(H2,21,25);;/q;+1;-1. The predicted octanol–water partition coefficient (Wildman–Crippen LogP) is 0.439. The first-order valence-electron chi connectivity index (χ1n) is 8.46. The number of amides is 2. The third kappa shape index (κ3) is 5.34. The fourth-order valence-electron chi connectivity index (χ4n) is 2.98. The summed E-state index contributed by atoms with van der Waals surface area (Å²) in [5.41, 5.74) is 5.30. The van der Waals surface area contributed by atoms with Gasteiger partial charge in [-0.2, -0.15) is 4.31 Å². The fraction of sp³-hybridized carbons (Fsp3) is 0.235. The van der Waals surface area contributed by atoms with Gasteiger partial charge in [0.2, 0.25) is 10.0 Å². The van der Waals surface area contributed by atoms with Gasteiger partial charge in [0.1, 0.15) is 4.90 Å². The maximum atomic E-state index is 13.1. The number of aromatic hydroxyl groups is 1. The Hall–Kier alpha value is -0.560. The topological polar surface area (TPSA) is 121 Å². The summed E-state index contributed by atoms with van der Waals surface area (Å²) in [6.45, 7) is 0.0171. The van der Waals surface area contributed by atoms with Gasteiger partial charge < -0.3 is 12.3 Å². The number of carbonyl (C=O) groups excluding carboxylic acids is 1. The third-order valence-corrected chi connectivity index (χ3v) is 8.92. The smallest absolute Gasteiger partial charge is 1.00 e. The minimum atomic E-state index is -4.25. The van der Waals surface area contributed by atoms with Crippen LogP contribution in [0.1, 0.15) is 1.43 Å². The molecule has 14 heteroatoms. The van der Waals surface area contributed by atoms with E-state index in [0.717, 1.165) is 9.21 Å². The van der Waals surface area contributed by atoms with Gasteiger partial charge in [0.05, 0.1) is 26.4 Å². The average Bonchev–Trinajstić information content (AvgIpc) is 2.67. The zero-order valence-electron chi connectivity index (χ0n) is 17.2. The minimum absolute atomic E-state index is 0. The van der Waals surface area contributed by atoms with Crippen LogP contribution in [0.5, 0.6) is 5.75 Å². The summed E-state index contributed by atoms with van der Waals surface area (Å²) in [7, 11) is -5.36. The number of hydrogen-bond acceptors (Lipinski definition) is 5. The Morgan fingerprint density at radius 1 is 1.10 bits per heavy atom. The van der Waals surface area contributed by atoms with Gasteiger partial charge in [-0.25, -0.2) is 13.2 Å². The molecule has 1 saturated heterocycles. The Morgan fingerprint density at radius 3 is 2.29 bits per heavy atom. The van der Waals surface area contributed by atoms with Gasteiger partial charge in [0.15, 0.2) is 5.75 Å². The van der Waals surface area contributed by atoms with Crippen LogP contribution in [-0.4, -0.2) is 52.7 Å². The molecule has 2 aromatic carbocycles. The Kier molecular flexibility index (Phi) is 9.11. The molecule has 0 saturated carbocycles. The molecule has 0 bridgehead atoms. The Balaban J connectivity index is 0.00000256. The van der Waals surface area contributed by atoms with E-state index >= 15 is 0 Å². The molecule has 31 heavy (non-hydrogen) atoms. The second-order valence-electron chi connectivity index (χ2n) is 6.24. The number of hydrogen-bond donors (Lipinski definition) is 2. The number of phenolic OH excluding ortho intramolecular Hbond substituents is 1. The number of nitrogens with two attached hydrogens (primary N) is 1. The van der Waals surface area contributed by atoms with Crippen LogP contribution in [0.3, 0.4) is 0 Å². The number of carbonyl (C=O) groups is 1. The van der Waals surface area contributed by atoms with Crippen LogP contribution in [0.25, 0.3) is 0 Å². The van der Waals surface area contributed by atoms with E-state index in [-0.39, 0.29) is 82.0 Å². The van der Waals surface area contributed by atoms with Gasteiger partial charge >= 0.3 is 35.6 Å². The number of rotatable bonds is 4. The largest absolute Gasteiger partial charge is 1.00 e. The number of halogens is 3. The number of nitrogens with zero attached hydrogens (tertiary/aromatic N) is 2. The monoisotopic (exact) mass is 535 g/mol. The van der Waals surface area contributed by atoms with E-state index in [1.54, 1.807) is 0 Å². The van der Waals surface area contributed by atoms with Crippen molar-refractivity contribution in [1.29, 1.82) is 0 Å². The molecule has 0 aromatic heterocycles. The van der Waals surface area contributed by atoms with E-state index in [0.29, 0.717) is 0 Å². The van der Waals surface area contributed by atoms with E-state index in [2.05, 4.69) is 0 Å². The normalized spacial score (nSPS) is 15.3. The van der Waals surface area contributed by atoms with Crippen LogP contribution < -0.4 is 40.2 Å². The molecule has 0 atom stereocenters. The number of anilines is 2. The molecule has 1 aliphatic heterocycles. The van der Waals surface area contributed by atoms with E-state index < -0.39 is 37.5 Å². The van der Waals surface area contributed by atoms with Crippen molar-refractivity contribution in [2.75, 3.05) is 29.5 Å². The van der Waals surface area contributed by atoms with Crippen LogP contribution in [0, 0.1) is 0 Å². The maximum absolute atomic E-state index is 13.1. The molecular formula is C17H17Cl3N3NaO5S2. The summed E-state index contributed by atoms with van der Waals surface area (Å²) in [5.74, 6) is -0.435. The van der Waals surface area contributed by atoms with Crippen molar-refractivity contribution in [3.05, 3.63) is 45.4 Å². The first-order valence-corrected chi connectivity index (χ1v) is 12.5. The quantitative estimate of drug-likeness (QED) is 0.549. The summed E-state index contributed by atoms with van der Waals surface area (Å²) in [5, 5.41) is 10.7. The molecule has 0 unspecified atom stereocenters. The van der Waals surface area contributed by atoms with Crippen LogP contribution in [-0.2, 0) is 20.8 Å². The molecule has 2 amide bonds. The van der Waals surface area contributed by atoms with Gasteiger partial charge in [0.25, 0.3) is 0 Å². The van der Waals surface area contributed by atoms with E-state index in [9.17, 15) is 22.5 Å². The molecule has 0 radical (unpaired) electrons. The Bertz CT molecular complexity index is 1150. The van der Waals surface area contributed by atoms with E-state index in [1.165, 1.54) is 30.3 Å². The number of sulfonamides is 1. The summed E-state index contributed by atoms with van der Waals surface area (Å²) in [6.07, 6.45) is 0. The molecule has 3 rings (SSSR count). The molecule has 3 N–H and O–H groups in total. The first-order chi connectivity index (χ1) is 14.1. The summed E-state index contributed by atoms with van der Waals surface area (Å²) in [4.78, 5) is 12.5. The predicted molar refractivity (Wildman–Crippen MR) is 119 cm³/mol. The van der Waals surface area contributed by atoms with Gasteiger partial charge in [0, 0.05) is 35.4 Å². The molecule has 2 aromatic rings. The molecule has 1 fully saturated rings. The third-order valence-electron chi connectivity index (χ3n) is 4.43. The fourth-order valence-corrected chi connectivity index (χ4v) is 6.68. The second kappa shape index (κ2) is 10.6. The minimum Gasteiger partial charge on any atom is -1.00 e. The van der Waals surface area contributed by atoms with Gasteiger partial charge in [-0.3, -0.25) is 9.11 Å². The summed E-state index contributed by atoms with van der Waals surface area (Å²) >= 11 is 18.3. The number of phenols is 1. The number of benzene rings is 2. The van der Waals surface area contributed by atoms with Crippen LogP contribution in [0.4, 0.5) is 16.2 Å². The van der Waals surface area contributed by atoms with Crippen LogP contribution in [0.15, 0.2) is 35.2 Å². The molecule has 0 aliphatic carbocycles. The van der Waals surface area contributed by atoms with Crippen molar-refractivity contribution in [2.24, 2.45) is 5.73 Å². The van der Waals surface area contributed by atoms with Crippen LogP contribution in [0.2, 0.25) is 15.1 Å². The zero-order chi connectivity index (χ0) is 22.2. The average molecular weight is 537 g/mol. The van der Waals surface area contributed by atoms with Gasteiger partial charge in [-0.1, -0.05) is 40.9 Å². The molecular weight excluding hydrogens is 520 g/mol. The summed E-state index contributed by atoms with van der Waals surface area (Å²) in [6, 6.07) is 5.86. The molecule has 164 valence electrons. The zero-order valence-corrected chi connectivity index (χ0v) is 22.1. The molecule has 8 nitrogen and oxygen atoms in total. The van der Waals surface area contributed by atoms with Crippen molar-refractivity contribution in [3.63, 3.8) is 0 Å². The van der Waals surface area contributed by atoms with Gasteiger partial charge in [-0.15, -0.1) is 0 Å². The molecule has 1 aliphatic rings. The molecule has 0 spiro atoms. The van der Waals surface area contributed by atoms with E-state index in [1.807, 2.05) is 0 Å². The summed E-state index contributed by atoms with van der Waals surface area (Å²) < 4.78 is 38.9. The van der Waals surface area contributed by atoms with Crippen molar-refractivity contribution >= 4 is 73.0 Å². The first kappa shape index (κ1) is 26.7. The van der Waals surface area contributed by atoms with Crippen molar-refractivity contribution in [2.45, 2.75) is 4.90 Å². The van der Waals surface area contributed by atoms with E-state index in [4.69, 9.17) is 40.5 Å². The maximum Gasteiger partial charge on any atom is 1.00 e. The van der Waals surface area contributed by atoms with Crippen molar-refractivity contribution in [1.82, 2.24) is 4.31 Å². The number of primary amides is 1. The Labute approximate surface area is 220 Å². The van der Waals surface area contributed by atoms with Crippen molar-refractivity contribution in [3.8, 4) is 5.75 Å². The Morgan fingerprint density at radius 2 is 1.71 bits per heavy atom. The second-order valence-corrected chi connectivity index (χ2v) is 11.0. The van der Waals surface area contributed by atoms with Crippen molar-refractivity contribution < 1.29 is 53.5 Å². The number of urea groups is 1. The molecule has 1 heterocycles. The van der Waals surface area contributed by atoms with Gasteiger partial charge in [-0.05, 0) is 24.3 Å².